The van der Waals surface area contributed by atoms with Crippen LogP contribution in [0.4, 0.5) is 11.4 Å². The largest absolute Gasteiger partial charge is 0.495 e. The van der Waals surface area contributed by atoms with Gasteiger partial charge in [-0.15, -0.1) is 0 Å². The normalized spacial score (nSPS) is 19.9. The van der Waals surface area contributed by atoms with Crippen LogP contribution < -0.4 is 14.5 Å². The van der Waals surface area contributed by atoms with E-state index >= 15 is 0 Å². The number of nitrogens with zero attached hydrogens (tertiary/aromatic N) is 4. The standard InChI is InChI=1S/C25H34N4O2/c1-26(2)21-9-6-8-20(18-21)25(30)29-13-7-10-22(19-29)27-14-16-28(17-15-27)23-11-4-5-12-24(23)31-3/h4-6,8-9,11-12,18,22H,7,10,13-17,19H2,1-3H3/t22-/m1/s1. The predicted molar refractivity (Wildman–Crippen MR) is 126 cm³/mol. The third kappa shape index (κ3) is 4.79. The van der Waals surface area contributed by atoms with Gasteiger partial charge in [-0.3, -0.25) is 9.69 Å². The molecule has 0 saturated carbocycles. The van der Waals surface area contributed by atoms with Crippen molar-refractivity contribution in [1.29, 1.82) is 0 Å². The summed E-state index contributed by atoms with van der Waals surface area (Å²) in [6, 6.07) is 16.6. The summed E-state index contributed by atoms with van der Waals surface area (Å²) in [5.41, 5.74) is 3.02. The molecule has 2 aromatic carbocycles. The van der Waals surface area contributed by atoms with Crippen LogP contribution in [0, 0.1) is 0 Å². The van der Waals surface area contributed by atoms with E-state index in [1.165, 1.54) is 5.69 Å². The first-order valence-electron chi connectivity index (χ1n) is 11.3. The number of likely N-dealkylation sites (tertiary alicyclic amines) is 1. The number of piperidine rings is 1. The lowest BCUT2D eigenvalue weighted by Gasteiger charge is -2.44. The molecule has 2 aromatic rings. The number of amides is 1. The Morgan fingerprint density at radius 2 is 1.77 bits per heavy atom. The fraction of sp³-hybridized carbons (Fsp3) is 0.480. The molecule has 0 aliphatic carbocycles. The number of hydrogen-bond donors (Lipinski definition) is 0. The van der Waals surface area contributed by atoms with Crippen LogP contribution in [0.15, 0.2) is 48.5 Å². The van der Waals surface area contributed by atoms with E-state index in [9.17, 15) is 4.79 Å². The smallest absolute Gasteiger partial charge is 0.253 e. The Bertz CT molecular complexity index is 893. The summed E-state index contributed by atoms with van der Waals surface area (Å²) in [5.74, 6) is 1.09. The van der Waals surface area contributed by atoms with E-state index in [4.69, 9.17) is 4.74 Å². The minimum Gasteiger partial charge on any atom is -0.495 e. The first kappa shape index (κ1) is 21.5. The Morgan fingerprint density at radius 1 is 1.00 bits per heavy atom. The number of piperazine rings is 1. The zero-order valence-electron chi connectivity index (χ0n) is 19.0. The number of anilines is 2. The highest BCUT2D eigenvalue weighted by Gasteiger charge is 2.31. The second-order valence-corrected chi connectivity index (χ2v) is 8.69. The summed E-state index contributed by atoms with van der Waals surface area (Å²) in [4.78, 5) is 22.2. The molecule has 0 spiro atoms. The summed E-state index contributed by atoms with van der Waals surface area (Å²) in [6.45, 7) is 5.66. The molecule has 31 heavy (non-hydrogen) atoms. The Kier molecular flexibility index (Phi) is 6.66. The molecule has 6 nitrogen and oxygen atoms in total. The molecule has 0 unspecified atom stereocenters. The van der Waals surface area contributed by atoms with Crippen molar-refractivity contribution >= 4 is 17.3 Å². The van der Waals surface area contributed by atoms with E-state index in [-0.39, 0.29) is 5.91 Å². The average molecular weight is 423 g/mol. The maximum absolute atomic E-state index is 13.2. The van der Waals surface area contributed by atoms with Gasteiger partial charge in [-0.1, -0.05) is 18.2 Å². The zero-order chi connectivity index (χ0) is 21.8. The van der Waals surface area contributed by atoms with Crippen LogP contribution >= 0.6 is 0 Å². The number of benzene rings is 2. The molecule has 1 amide bonds. The third-order valence-corrected chi connectivity index (χ3v) is 6.55. The summed E-state index contributed by atoms with van der Waals surface area (Å²) in [6.07, 6.45) is 2.23. The van der Waals surface area contributed by atoms with Crippen LogP contribution in [0.3, 0.4) is 0 Å². The molecule has 1 atom stereocenters. The van der Waals surface area contributed by atoms with Crippen LogP contribution in [-0.4, -0.2) is 82.2 Å². The number of hydrogen-bond acceptors (Lipinski definition) is 5. The topological polar surface area (TPSA) is 39.3 Å². The Hall–Kier alpha value is -2.73. The minimum absolute atomic E-state index is 0.154. The van der Waals surface area contributed by atoms with E-state index in [0.717, 1.165) is 69.1 Å². The van der Waals surface area contributed by atoms with Gasteiger partial charge in [0.25, 0.3) is 5.91 Å². The summed E-state index contributed by atoms with van der Waals surface area (Å²) in [5, 5.41) is 0. The Balaban J connectivity index is 1.37. The van der Waals surface area contributed by atoms with E-state index in [0.29, 0.717) is 6.04 Å². The van der Waals surface area contributed by atoms with Gasteiger partial charge in [0.2, 0.25) is 0 Å². The molecule has 4 rings (SSSR count). The molecule has 0 N–H and O–H groups in total. The van der Waals surface area contributed by atoms with Crippen molar-refractivity contribution in [3.63, 3.8) is 0 Å². The van der Waals surface area contributed by atoms with Crippen LogP contribution in [0.5, 0.6) is 5.75 Å². The maximum atomic E-state index is 13.2. The predicted octanol–water partition coefficient (Wildman–Crippen LogP) is 3.19. The van der Waals surface area contributed by atoms with Crippen LogP contribution in [0.2, 0.25) is 0 Å². The molecular weight excluding hydrogens is 388 g/mol. The molecule has 2 aliphatic rings. The lowest BCUT2D eigenvalue weighted by molar-refractivity contribution is 0.0563. The van der Waals surface area contributed by atoms with Gasteiger partial charge in [0.05, 0.1) is 12.8 Å². The van der Waals surface area contributed by atoms with Gasteiger partial charge in [-0.25, -0.2) is 0 Å². The SMILES string of the molecule is COc1ccccc1N1CCN([C@@H]2CCCN(C(=O)c3cccc(N(C)C)c3)C2)CC1. The van der Waals surface area contributed by atoms with Gasteiger partial charge in [0, 0.05) is 70.7 Å². The monoisotopic (exact) mass is 422 g/mol. The highest BCUT2D eigenvalue weighted by Crippen LogP contribution is 2.29. The van der Waals surface area contributed by atoms with Gasteiger partial charge in [0.15, 0.2) is 0 Å². The van der Waals surface area contributed by atoms with Crippen LogP contribution in [-0.2, 0) is 0 Å². The fourth-order valence-electron chi connectivity index (χ4n) is 4.76. The molecule has 6 heteroatoms. The second-order valence-electron chi connectivity index (χ2n) is 8.69. The van der Waals surface area contributed by atoms with Gasteiger partial charge in [-0.2, -0.15) is 0 Å². The minimum atomic E-state index is 0.154. The van der Waals surface area contributed by atoms with E-state index in [1.54, 1.807) is 7.11 Å². The molecule has 2 fully saturated rings. The van der Waals surface area contributed by atoms with Gasteiger partial charge >= 0.3 is 0 Å². The molecule has 0 bridgehead atoms. The van der Waals surface area contributed by atoms with E-state index < -0.39 is 0 Å². The highest BCUT2D eigenvalue weighted by atomic mass is 16.5. The Morgan fingerprint density at radius 3 is 2.52 bits per heavy atom. The lowest BCUT2D eigenvalue weighted by atomic mass is 10.0. The number of para-hydroxylation sites is 2. The quantitative estimate of drug-likeness (QED) is 0.740. The molecule has 2 aliphatic heterocycles. The zero-order valence-corrected chi connectivity index (χ0v) is 19.0. The summed E-state index contributed by atoms with van der Waals surface area (Å²) < 4.78 is 5.54. The van der Waals surface area contributed by atoms with Gasteiger partial charge in [-0.05, 0) is 43.2 Å². The van der Waals surface area contributed by atoms with Crippen molar-refractivity contribution in [3.05, 3.63) is 54.1 Å². The molecule has 2 saturated heterocycles. The van der Waals surface area contributed by atoms with Crippen molar-refractivity contribution < 1.29 is 9.53 Å². The molecule has 166 valence electrons. The first-order chi connectivity index (χ1) is 15.1. The number of rotatable bonds is 5. The van der Waals surface area contributed by atoms with Crippen LogP contribution in [0.25, 0.3) is 0 Å². The fourth-order valence-corrected chi connectivity index (χ4v) is 4.76. The van der Waals surface area contributed by atoms with Crippen molar-refractivity contribution in [2.24, 2.45) is 0 Å². The van der Waals surface area contributed by atoms with Crippen molar-refractivity contribution in [2.75, 3.05) is 70.3 Å². The van der Waals surface area contributed by atoms with Gasteiger partial charge < -0.3 is 19.4 Å². The average Bonchev–Trinajstić information content (AvgIpc) is 2.83. The summed E-state index contributed by atoms with van der Waals surface area (Å²) in [7, 11) is 5.74. The second kappa shape index (κ2) is 9.60. The number of carbonyl (C=O) groups is 1. The number of methoxy groups -OCH3 is 1. The summed E-state index contributed by atoms with van der Waals surface area (Å²) >= 11 is 0. The molecule has 2 heterocycles. The van der Waals surface area contributed by atoms with E-state index in [1.807, 2.05) is 55.4 Å². The molecular formula is C25H34N4O2. The first-order valence-corrected chi connectivity index (χ1v) is 11.3. The van der Waals surface area contributed by atoms with Crippen LogP contribution in [0.1, 0.15) is 23.2 Å². The van der Waals surface area contributed by atoms with Gasteiger partial charge in [0.1, 0.15) is 5.75 Å². The highest BCUT2D eigenvalue weighted by molar-refractivity contribution is 5.95. The number of ether oxygens (including phenoxy) is 1. The Labute approximate surface area is 186 Å². The maximum Gasteiger partial charge on any atom is 0.253 e. The van der Waals surface area contributed by atoms with Crippen molar-refractivity contribution in [2.45, 2.75) is 18.9 Å². The van der Waals surface area contributed by atoms with Crippen molar-refractivity contribution in [1.82, 2.24) is 9.80 Å². The lowest BCUT2D eigenvalue weighted by Crippen LogP contribution is -2.55. The van der Waals surface area contributed by atoms with E-state index in [2.05, 4.69) is 26.8 Å². The number of carbonyl (C=O) groups excluding carboxylic acids is 1. The van der Waals surface area contributed by atoms with Crippen molar-refractivity contribution in [3.8, 4) is 5.75 Å². The third-order valence-electron chi connectivity index (χ3n) is 6.55. The molecule has 0 radical (unpaired) electrons. The molecule has 0 aromatic heterocycles.